The summed E-state index contributed by atoms with van der Waals surface area (Å²) >= 11 is 0. The molecular formula is C13H18O. The van der Waals surface area contributed by atoms with E-state index >= 15 is 0 Å². The average molecular weight is 190 g/mol. The summed E-state index contributed by atoms with van der Waals surface area (Å²) in [6.07, 6.45) is 5.29. The average Bonchev–Trinajstić information content (AvgIpc) is 2.20. The molecule has 0 bridgehead atoms. The Bertz CT molecular complexity index is 278. The van der Waals surface area contributed by atoms with Crippen LogP contribution in [0.2, 0.25) is 0 Å². The highest BCUT2D eigenvalue weighted by atomic mass is 16.5. The molecule has 0 fully saturated rings. The van der Waals surface area contributed by atoms with Crippen molar-refractivity contribution in [2.45, 2.75) is 26.2 Å². The van der Waals surface area contributed by atoms with Gasteiger partial charge in [-0.25, -0.2) is 0 Å². The Kier molecular flexibility index (Phi) is 4.84. The molecule has 14 heavy (non-hydrogen) atoms. The van der Waals surface area contributed by atoms with Crippen LogP contribution >= 0.6 is 0 Å². The lowest BCUT2D eigenvalue weighted by Gasteiger charge is -2.07. The van der Waals surface area contributed by atoms with Gasteiger partial charge in [0.15, 0.2) is 0 Å². The molecule has 0 aliphatic carbocycles. The van der Waals surface area contributed by atoms with E-state index in [0.717, 1.165) is 31.6 Å². The maximum absolute atomic E-state index is 5.65. The lowest BCUT2D eigenvalue weighted by molar-refractivity contribution is 0.305. The third-order valence-electron chi connectivity index (χ3n) is 2.15. The minimum atomic E-state index is 0.804. The molecule has 1 rings (SSSR count). The number of rotatable bonds is 6. The Morgan fingerprint density at radius 3 is 2.79 bits per heavy atom. The van der Waals surface area contributed by atoms with Crippen LogP contribution in [0.1, 0.15) is 24.8 Å². The smallest absolute Gasteiger partial charge is 0.122 e. The van der Waals surface area contributed by atoms with E-state index in [2.05, 4.69) is 19.6 Å². The second kappa shape index (κ2) is 6.25. The molecule has 1 aromatic rings. The Morgan fingerprint density at radius 2 is 2.07 bits per heavy atom. The van der Waals surface area contributed by atoms with E-state index in [0.29, 0.717) is 0 Å². The highest BCUT2D eigenvalue weighted by Crippen LogP contribution is 2.16. The van der Waals surface area contributed by atoms with Crippen LogP contribution in [-0.4, -0.2) is 6.61 Å². The third-order valence-corrected chi connectivity index (χ3v) is 2.15. The summed E-state index contributed by atoms with van der Waals surface area (Å²) in [6, 6.07) is 8.12. The van der Waals surface area contributed by atoms with Gasteiger partial charge in [-0.15, -0.1) is 6.58 Å². The molecule has 0 saturated heterocycles. The van der Waals surface area contributed by atoms with Crippen molar-refractivity contribution in [3.05, 3.63) is 42.5 Å². The van der Waals surface area contributed by atoms with Gasteiger partial charge in [-0.2, -0.15) is 0 Å². The fourth-order valence-corrected chi connectivity index (χ4v) is 1.29. The Morgan fingerprint density at radius 1 is 1.29 bits per heavy atom. The largest absolute Gasteiger partial charge is 0.493 e. The first-order chi connectivity index (χ1) is 6.84. The van der Waals surface area contributed by atoms with Crippen LogP contribution in [0.5, 0.6) is 5.75 Å². The van der Waals surface area contributed by atoms with Gasteiger partial charge in [0.05, 0.1) is 6.61 Å². The van der Waals surface area contributed by atoms with Crippen LogP contribution < -0.4 is 4.74 Å². The van der Waals surface area contributed by atoms with Crippen LogP contribution in [0, 0.1) is 6.92 Å². The number of allylic oxidation sites excluding steroid dienone is 1. The van der Waals surface area contributed by atoms with Crippen LogP contribution in [-0.2, 0) is 0 Å². The van der Waals surface area contributed by atoms with E-state index in [-0.39, 0.29) is 0 Å². The first-order valence-electron chi connectivity index (χ1n) is 5.14. The summed E-state index contributed by atoms with van der Waals surface area (Å²) in [6.45, 7) is 6.56. The molecule has 0 atom stereocenters. The van der Waals surface area contributed by atoms with Crippen molar-refractivity contribution in [2.24, 2.45) is 0 Å². The van der Waals surface area contributed by atoms with E-state index in [4.69, 9.17) is 4.74 Å². The maximum atomic E-state index is 5.65. The molecule has 0 spiro atoms. The molecular weight excluding hydrogens is 172 g/mol. The van der Waals surface area contributed by atoms with Gasteiger partial charge >= 0.3 is 0 Å². The zero-order valence-electron chi connectivity index (χ0n) is 8.83. The fraction of sp³-hybridized carbons (Fsp3) is 0.385. The molecule has 0 aromatic heterocycles. The Labute approximate surface area is 86.4 Å². The van der Waals surface area contributed by atoms with Crippen molar-refractivity contribution in [2.75, 3.05) is 6.61 Å². The number of unbranched alkanes of at least 4 members (excludes halogenated alkanes) is 2. The molecule has 1 aromatic carbocycles. The number of hydrogen-bond acceptors (Lipinski definition) is 1. The van der Waals surface area contributed by atoms with Crippen molar-refractivity contribution in [1.29, 1.82) is 0 Å². The van der Waals surface area contributed by atoms with Gasteiger partial charge in [0.2, 0.25) is 0 Å². The highest BCUT2D eigenvalue weighted by molar-refractivity contribution is 5.31. The van der Waals surface area contributed by atoms with Crippen LogP contribution in [0.4, 0.5) is 0 Å². The Hall–Kier alpha value is -1.24. The van der Waals surface area contributed by atoms with Gasteiger partial charge in [-0.05, 0) is 37.8 Å². The third kappa shape index (κ3) is 3.65. The van der Waals surface area contributed by atoms with Gasteiger partial charge in [0.25, 0.3) is 0 Å². The van der Waals surface area contributed by atoms with Gasteiger partial charge in [-0.3, -0.25) is 0 Å². The van der Waals surface area contributed by atoms with E-state index < -0.39 is 0 Å². The van der Waals surface area contributed by atoms with E-state index in [9.17, 15) is 0 Å². The zero-order chi connectivity index (χ0) is 10.2. The molecule has 0 heterocycles. The van der Waals surface area contributed by atoms with Crippen molar-refractivity contribution in [1.82, 2.24) is 0 Å². The first kappa shape index (κ1) is 10.8. The van der Waals surface area contributed by atoms with E-state index in [1.54, 1.807) is 0 Å². The normalized spacial score (nSPS) is 9.79. The SMILES string of the molecule is C=CCCCCOc1ccccc1C. The predicted octanol–water partition coefficient (Wildman–Crippen LogP) is 3.73. The minimum absolute atomic E-state index is 0.804. The fourth-order valence-electron chi connectivity index (χ4n) is 1.29. The first-order valence-corrected chi connectivity index (χ1v) is 5.14. The number of ether oxygens (including phenoxy) is 1. The summed E-state index contributed by atoms with van der Waals surface area (Å²) in [5.74, 6) is 1.01. The zero-order valence-corrected chi connectivity index (χ0v) is 8.83. The molecule has 0 N–H and O–H groups in total. The molecule has 76 valence electrons. The van der Waals surface area contributed by atoms with Crippen LogP contribution in [0.15, 0.2) is 36.9 Å². The van der Waals surface area contributed by atoms with Crippen molar-refractivity contribution in [3.8, 4) is 5.75 Å². The number of para-hydroxylation sites is 1. The summed E-state index contributed by atoms with van der Waals surface area (Å²) < 4.78 is 5.65. The molecule has 1 nitrogen and oxygen atoms in total. The van der Waals surface area contributed by atoms with Gasteiger partial charge < -0.3 is 4.74 Å². The summed E-state index contributed by atoms with van der Waals surface area (Å²) in [4.78, 5) is 0. The quantitative estimate of drug-likeness (QED) is 0.490. The number of aryl methyl sites for hydroxylation is 1. The standard InChI is InChI=1S/C13H18O/c1-3-4-5-8-11-14-13-10-7-6-9-12(13)2/h3,6-7,9-10H,1,4-5,8,11H2,2H3. The number of hydrogen-bond donors (Lipinski definition) is 0. The molecule has 0 unspecified atom stereocenters. The van der Waals surface area contributed by atoms with Gasteiger partial charge in [0.1, 0.15) is 5.75 Å². The van der Waals surface area contributed by atoms with E-state index in [1.807, 2.05) is 24.3 Å². The summed E-state index contributed by atoms with van der Waals surface area (Å²) in [5, 5.41) is 0. The molecule has 0 aliphatic heterocycles. The van der Waals surface area contributed by atoms with E-state index in [1.165, 1.54) is 5.56 Å². The highest BCUT2D eigenvalue weighted by Gasteiger charge is 1.96. The summed E-state index contributed by atoms with van der Waals surface area (Å²) in [7, 11) is 0. The topological polar surface area (TPSA) is 9.23 Å². The van der Waals surface area contributed by atoms with Crippen molar-refractivity contribution >= 4 is 0 Å². The van der Waals surface area contributed by atoms with Crippen molar-refractivity contribution in [3.63, 3.8) is 0 Å². The number of benzene rings is 1. The molecule has 0 saturated carbocycles. The molecule has 0 radical (unpaired) electrons. The second-order valence-electron chi connectivity index (χ2n) is 3.40. The molecule has 0 aliphatic rings. The van der Waals surface area contributed by atoms with Gasteiger partial charge in [0, 0.05) is 0 Å². The summed E-state index contributed by atoms with van der Waals surface area (Å²) in [5.41, 5.74) is 1.20. The van der Waals surface area contributed by atoms with Crippen molar-refractivity contribution < 1.29 is 4.74 Å². The maximum Gasteiger partial charge on any atom is 0.122 e. The molecule has 1 heteroatoms. The van der Waals surface area contributed by atoms with Gasteiger partial charge in [-0.1, -0.05) is 24.3 Å². The van der Waals surface area contributed by atoms with Crippen LogP contribution in [0.25, 0.3) is 0 Å². The second-order valence-corrected chi connectivity index (χ2v) is 3.40. The van der Waals surface area contributed by atoms with Crippen LogP contribution in [0.3, 0.4) is 0 Å². The Balaban J connectivity index is 2.24. The predicted molar refractivity (Wildman–Crippen MR) is 60.7 cm³/mol. The minimum Gasteiger partial charge on any atom is -0.493 e. The molecule has 0 amide bonds. The lowest BCUT2D eigenvalue weighted by atomic mass is 10.2. The lowest BCUT2D eigenvalue weighted by Crippen LogP contribution is -1.98. The monoisotopic (exact) mass is 190 g/mol.